The van der Waals surface area contributed by atoms with E-state index in [2.05, 4.69) is 42.9 Å². The first-order valence-corrected chi connectivity index (χ1v) is 14.3. The number of aromatic nitrogens is 1. The fraction of sp³-hybridized carbons (Fsp3) is 0.296. The standard InChI is InChI=1S/C27H27Cl2N3O3S/c1-27(2,22-13-19(16-30)25(23(29)15-22)35-11-9-28)21-7-5-18(6-8-21)20-14-24-26(31-17-20)32(10-12-34-24)36(3,4)33/h5-8,13-15,17H,3,9-12H2,1-2,4H3. The van der Waals surface area contributed by atoms with Gasteiger partial charge in [0.25, 0.3) is 0 Å². The number of halogens is 2. The van der Waals surface area contributed by atoms with E-state index in [-0.39, 0.29) is 6.61 Å². The molecule has 0 saturated heterocycles. The lowest BCUT2D eigenvalue weighted by Gasteiger charge is -2.31. The van der Waals surface area contributed by atoms with Crippen molar-refractivity contribution in [3.8, 4) is 28.7 Å². The van der Waals surface area contributed by atoms with E-state index in [1.165, 1.54) is 0 Å². The molecular formula is C27H27Cl2N3O3S. The highest BCUT2D eigenvalue weighted by atomic mass is 35.5. The molecule has 3 aromatic rings. The molecule has 1 atom stereocenters. The fourth-order valence-corrected chi connectivity index (χ4v) is 5.49. The Kier molecular flexibility index (Phi) is 7.42. The van der Waals surface area contributed by atoms with Crippen LogP contribution < -0.4 is 13.8 Å². The van der Waals surface area contributed by atoms with Crippen molar-refractivity contribution in [2.45, 2.75) is 19.3 Å². The summed E-state index contributed by atoms with van der Waals surface area (Å²) in [6.45, 7) is 5.34. The summed E-state index contributed by atoms with van der Waals surface area (Å²) in [6, 6.07) is 15.9. The van der Waals surface area contributed by atoms with Gasteiger partial charge in [-0.1, -0.05) is 49.7 Å². The first-order valence-electron chi connectivity index (χ1n) is 11.3. The largest absolute Gasteiger partial charge is 0.489 e. The molecule has 0 amide bonds. The topological polar surface area (TPSA) is 75.5 Å². The number of anilines is 1. The van der Waals surface area contributed by atoms with Crippen molar-refractivity contribution in [1.82, 2.24) is 4.98 Å². The number of fused-ring (bicyclic) bond motifs is 1. The van der Waals surface area contributed by atoms with Crippen LogP contribution >= 0.6 is 23.2 Å². The minimum atomic E-state index is -2.43. The Morgan fingerprint density at radius 3 is 2.58 bits per heavy atom. The lowest BCUT2D eigenvalue weighted by molar-refractivity contribution is 0.315. The van der Waals surface area contributed by atoms with Gasteiger partial charge in [0.15, 0.2) is 17.3 Å². The summed E-state index contributed by atoms with van der Waals surface area (Å²) in [6.07, 6.45) is 3.36. The molecule has 0 saturated carbocycles. The SMILES string of the molecule is C=S(C)(=O)N1CCOc2cc(-c3ccc(C(C)(C)c4cc(Cl)c(OCCCl)c(C#N)c4)cc3)cnc21. The van der Waals surface area contributed by atoms with Gasteiger partial charge in [0.2, 0.25) is 0 Å². The van der Waals surface area contributed by atoms with E-state index in [1.54, 1.807) is 16.8 Å². The Hall–Kier alpha value is -2.92. The monoisotopic (exact) mass is 543 g/mol. The van der Waals surface area contributed by atoms with E-state index in [0.29, 0.717) is 46.9 Å². The smallest absolute Gasteiger partial charge is 0.182 e. The summed E-state index contributed by atoms with van der Waals surface area (Å²) in [4.78, 5) is 4.54. The van der Waals surface area contributed by atoms with E-state index in [1.807, 2.05) is 30.3 Å². The summed E-state index contributed by atoms with van der Waals surface area (Å²) in [7, 11) is -2.43. The second-order valence-corrected chi connectivity index (χ2v) is 12.3. The first kappa shape index (κ1) is 26.2. The first-order chi connectivity index (χ1) is 17.1. The molecule has 2 aromatic carbocycles. The second kappa shape index (κ2) is 10.2. The minimum absolute atomic E-state index is 0.271. The van der Waals surface area contributed by atoms with Crippen LogP contribution in [0.25, 0.3) is 11.1 Å². The maximum atomic E-state index is 12.5. The Morgan fingerprint density at radius 1 is 1.22 bits per heavy atom. The van der Waals surface area contributed by atoms with Crippen molar-refractivity contribution in [3.05, 3.63) is 70.4 Å². The van der Waals surface area contributed by atoms with Gasteiger partial charge in [0, 0.05) is 33.1 Å². The fourth-order valence-electron chi connectivity index (χ4n) is 4.18. The van der Waals surface area contributed by atoms with Crippen LogP contribution in [0.2, 0.25) is 5.02 Å². The lowest BCUT2D eigenvalue weighted by atomic mass is 9.77. The van der Waals surface area contributed by atoms with Crippen LogP contribution in [0.5, 0.6) is 11.5 Å². The normalized spacial score (nSPS) is 14.8. The van der Waals surface area contributed by atoms with Gasteiger partial charge in [-0.2, -0.15) is 5.26 Å². The number of nitriles is 1. The van der Waals surface area contributed by atoms with Gasteiger partial charge in [0.05, 0.1) is 23.0 Å². The summed E-state index contributed by atoms with van der Waals surface area (Å²) in [5.41, 5.74) is 3.76. The van der Waals surface area contributed by atoms with Crippen LogP contribution in [0, 0.1) is 11.3 Å². The molecule has 0 bridgehead atoms. The van der Waals surface area contributed by atoms with Crippen LogP contribution in [0.1, 0.15) is 30.5 Å². The van der Waals surface area contributed by atoms with Crippen molar-refractivity contribution in [2.24, 2.45) is 0 Å². The number of benzene rings is 2. The molecule has 0 spiro atoms. The van der Waals surface area contributed by atoms with Crippen LogP contribution in [0.4, 0.5) is 5.82 Å². The van der Waals surface area contributed by atoms with Gasteiger partial charge < -0.3 is 9.47 Å². The van der Waals surface area contributed by atoms with Gasteiger partial charge >= 0.3 is 0 Å². The van der Waals surface area contributed by atoms with Gasteiger partial charge in [-0.3, -0.25) is 4.31 Å². The number of rotatable bonds is 7. The molecular weight excluding hydrogens is 517 g/mol. The Bertz CT molecular complexity index is 1430. The molecule has 1 aromatic heterocycles. The average Bonchev–Trinajstić information content (AvgIpc) is 2.86. The molecule has 36 heavy (non-hydrogen) atoms. The van der Waals surface area contributed by atoms with E-state index in [9.17, 15) is 9.47 Å². The van der Waals surface area contributed by atoms with Gasteiger partial charge in [-0.25, -0.2) is 9.19 Å². The maximum Gasteiger partial charge on any atom is 0.182 e. The molecule has 188 valence electrons. The number of alkyl halides is 1. The van der Waals surface area contributed by atoms with Crippen molar-refractivity contribution < 1.29 is 13.7 Å². The molecule has 4 rings (SSSR count). The second-order valence-electron chi connectivity index (χ2n) is 9.14. The maximum absolute atomic E-state index is 12.5. The van der Waals surface area contributed by atoms with Gasteiger partial charge in [0.1, 0.15) is 19.3 Å². The molecule has 9 heteroatoms. The number of nitrogens with zero attached hydrogens (tertiary/aromatic N) is 3. The van der Waals surface area contributed by atoms with Crippen molar-refractivity contribution >= 4 is 44.6 Å². The van der Waals surface area contributed by atoms with E-state index < -0.39 is 15.1 Å². The number of ether oxygens (including phenoxy) is 2. The molecule has 0 aliphatic carbocycles. The number of hydrogen-bond donors (Lipinski definition) is 0. The number of pyridine rings is 1. The van der Waals surface area contributed by atoms with Crippen LogP contribution in [-0.2, 0) is 15.1 Å². The zero-order valence-electron chi connectivity index (χ0n) is 20.4. The van der Waals surface area contributed by atoms with E-state index >= 15 is 0 Å². The predicted molar refractivity (Wildman–Crippen MR) is 148 cm³/mol. The average molecular weight is 545 g/mol. The highest BCUT2D eigenvalue weighted by molar-refractivity contribution is 8.00. The highest BCUT2D eigenvalue weighted by Gasteiger charge is 2.27. The summed E-state index contributed by atoms with van der Waals surface area (Å²) in [5.74, 6) is 5.59. The highest BCUT2D eigenvalue weighted by Crippen LogP contribution is 2.39. The summed E-state index contributed by atoms with van der Waals surface area (Å²) < 4.78 is 25.6. The molecule has 1 aliphatic rings. The number of hydrogen-bond acceptors (Lipinski definition) is 5. The zero-order chi connectivity index (χ0) is 26.1. The van der Waals surface area contributed by atoms with Crippen LogP contribution in [-0.4, -0.2) is 47.0 Å². The van der Waals surface area contributed by atoms with Crippen molar-refractivity contribution in [2.75, 3.05) is 36.2 Å². The Labute approximate surface area is 222 Å². The Balaban J connectivity index is 1.64. The molecule has 0 N–H and O–H groups in total. The quantitative estimate of drug-likeness (QED) is 0.283. The third kappa shape index (κ3) is 5.12. The molecule has 1 unspecified atom stereocenters. The van der Waals surface area contributed by atoms with Crippen LogP contribution in [0.3, 0.4) is 0 Å². The molecule has 2 heterocycles. The Morgan fingerprint density at radius 2 is 1.94 bits per heavy atom. The van der Waals surface area contributed by atoms with E-state index in [4.69, 9.17) is 32.7 Å². The van der Waals surface area contributed by atoms with Gasteiger partial charge in [-0.05, 0) is 40.8 Å². The zero-order valence-corrected chi connectivity index (χ0v) is 22.7. The summed E-state index contributed by atoms with van der Waals surface area (Å²) in [5, 5.41) is 10.0. The lowest BCUT2D eigenvalue weighted by Crippen LogP contribution is -2.37. The molecule has 0 fully saturated rings. The third-order valence-electron chi connectivity index (χ3n) is 6.24. The van der Waals surface area contributed by atoms with Crippen LogP contribution in [0.15, 0.2) is 48.7 Å². The van der Waals surface area contributed by atoms with Crippen molar-refractivity contribution in [1.29, 1.82) is 5.26 Å². The molecule has 0 radical (unpaired) electrons. The van der Waals surface area contributed by atoms with Crippen molar-refractivity contribution in [3.63, 3.8) is 0 Å². The van der Waals surface area contributed by atoms with Gasteiger partial charge in [-0.15, -0.1) is 11.6 Å². The third-order valence-corrected chi connectivity index (χ3v) is 7.96. The molecule has 1 aliphatic heterocycles. The van der Waals surface area contributed by atoms with E-state index in [0.717, 1.165) is 22.3 Å². The minimum Gasteiger partial charge on any atom is -0.489 e. The molecule has 6 nitrogen and oxygen atoms in total. The predicted octanol–water partition coefficient (Wildman–Crippen LogP) is 5.68. The summed E-state index contributed by atoms with van der Waals surface area (Å²) >= 11 is 12.2.